The van der Waals surface area contributed by atoms with E-state index in [1.807, 2.05) is 0 Å². The summed E-state index contributed by atoms with van der Waals surface area (Å²) in [6.45, 7) is 2.54. The van der Waals surface area contributed by atoms with E-state index in [1.165, 1.54) is 25.7 Å². The highest BCUT2D eigenvalue weighted by molar-refractivity contribution is 5.01. The van der Waals surface area contributed by atoms with E-state index in [1.54, 1.807) is 0 Å². The van der Waals surface area contributed by atoms with E-state index in [2.05, 4.69) is 20.5 Å². The molecule has 1 unspecified atom stereocenters. The van der Waals surface area contributed by atoms with Gasteiger partial charge in [-0.15, -0.1) is 0 Å². The molecule has 1 aromatic rings. The average Bonchev–Trinajstić information content (AvgIpc) is 3.00. The lowest BCUT2D eigenvalue weighted by molar-refractivity contribution is 0.0764. The van der Waals surface area contributed by atoms with E-state index in [9.17, 15) is 0 Å². The third kappa shape index (κ3) is 2.66. The largest absolute Gasteiger partial charge is 0.379 e. The summed E-state index contributed by atoms with van der Waals surface area (Å²) in [5, 5.41) is 10.9. The van der Waals surface area contributed by atoms with Gasteiger partial charge < -0.3 is 10.1 Å². The first-order chi connectivity index (χ1) is 8.42. The number of nitrogens with zero attached hydrogens (tertiary/aromatic N) is 2. The zero-order valence-corrected chi connectivity index (χ0v) is 10.1. The van der Waals surface area contributed by atoms with Gasteiger partial charge in [-0.25, -0.2) is 4.98 Å². The fraction of sp³-hybridized carbons (Fsp3) is 0.833. The maximum atomic E-state index is 5.44. The molecule has 1 atom stereocenters. The van der Waals surface area contributed by atoms with Crippen LogP contribution in [0.3, 0.4) is 0 Å². The minimum atomic E-state index is 0.383. The zero-order valence-electron chi connectivity index (χ0n) is 10.1. The summed E-state index contributed by atoms with van der Waals surface area (Å²) >= 11 is 0. The van der Waals surface area contributed by atoms with Crippen molar-refractivity contribution in [2.45, 2.75) is 44.1 Å². The molecule has 5 heteroatoms. The second kappa shape index (κ2) is 5.14. The fourth-order valence-corrected chi connectivity index (χ4v) is 2.75. The highest BCUT2D eigenvalue weighted by Gasteiger charge is 2.22. The molecule has 0 amide bonds. The number of aromatic nitrogens is 3. The molecule has 0 aromatic carbocycles. The Morgan fingerprint density at radius 3 is 2.94 bits per heavy atom. The summed E-state index contributed by atoms with van der Waals surface area (Å²) in [7, 11) is 0. The number of morpholine rings is 1. The molecule has 2 heterocycles. The predicted octanol–water partition coefficient (Wildman–Crippen LogP) is 0.993. The van der Waals surface area contributed by atoms with E-state index in [0.717, 1.165) is 37.8 Å². The Bertz CT molecular complexity index is 353. The van der Waals surface area contributed by atoms with Crippen LogP contribution in [0, 0.1) is 0 Å². The van der Waals surface area contributed by atoms with E-state index in [4.69, 9.17) is 4.74 Å². The molecule has 1 saturated carbocycles. The Balaban J connectivity index is 1.59. The SMILES string of the molecule is C1CCC(c2n[nH]c(CC3COCCN3)n2)C1. The molecular weight excluding hydrogens is 216 g/mol. The van der Waals surface area contributed by atoms with Crippen LogP contribution in [0.15, 0.2) is 0 Å². The summed E-state index contributed by atoms with van der Waals surface area (Å²) in [6, 6.07) is 0.383. The summed E-state index contributed by atoms with van der Waals surface area (Å²) in [4.78, 5) is 4.62. The molecule has 1 aliphatic carbocycles. The summed E-state index contributed by atoms with van der Waals surface area (Å²) in [6.07, 6.45) is 6.04. The Hall–Kier alpha value is -0.940. The van der Waals surface area contributed by atoms with Crippen LogP contribution in [0.4, 0.5) is 0 Å². The van der Waals surface area contributed by atoms with Gasteiger partial charge in [0.1, 0.15) is 5.82 Å². The summed E-state index contributed by atoms with van der Waals surface area (Å²) < 4.78 is 5.44. The van der Waals surface area contributed by atoms with Gasteiger partial charge in [0, 0.05) is 24.9 Å². The van der Waals surface area contributed by atoms with E-state index in [-0.39, 0.29) is 0 Å². The normalized spacial score (nSPS) is 26.5. The zero-order chi connectivity index (χ0) is 11.5. The van der Waals surface area contributed by atoms with E-state index >= 15 is 0 Å². The molecular formula is C12H20N4O. The molecule has 1 aliphatic heterocycles. The first-order valence-corrected chi connectivity index (χ1v) is 6.64. The number of aromatic amines is 1. The molecule has 3 rings (SSSR count). The topological polar surface area (TPSA) is 62.8 Å². The number of rotatable bonds is 3. The highest BCUT2D eigenvalue weighted by Crippen LogP contribution is 2.31. The van der Waals surface area contributed by atoms with E-state index in [0.29, 0.717) is 12.0 Å². The fourth-order valence-electron chi connectivity index (χ4n) is 2.75. The number of nitrogens with one attached hydrogen (secondary N) is 2. The van der Waals surface area contributed by atoms with Crippen molar-refractivity contribution in [3.63, 3.8) is 0 Å². The van der Waals surface area contributed by atoms with Crippen LogP contribution in [-0.4, -0.2) is 41.0 Å². The number of H-pyrrole nitrogens is 1. The standard InChI is InChI=1S/C12H20N4O/c1-2-4-9(3-1)12-14-11(15-16-12)7-10-8-17-6-5-13-10/h9-10,13H,1-8H2,(H,14,15,16). The van der Waals surface area contributed by atoms with Gasteiger partial charge in [0.15, 0.2) is 5.82 Å². The minimum Gasteiger partial charge on any atom is -0.379 e. The maximum Gasteiger partial charge on any atom is 0.153 e. The molecule has 2 aliphatic rings. The van der Waals surface area contributed by atoms with Crippen LogP contribution >= 0.6 is 0 Å². The Morgan fingerprint density at radius 1 is 1.29 bits per heavy atom. The van der Waals surface area contributed by atoms with Crippen LogP contribution in [0.25, 0.3) is 0 Å². The quantitative estimate of drug-likeness (QED) is 0.821. The average molecular weight is 236 g/mol. The maximum absolute atomic E-state index is 5.44. The van der Waals surface area contributed by atoms with Gasteiger partial charge in [0.25, 0.3) is 0 Å². The molecule has 2 N–H and O–H groups in total. The number of hydrogen-bond acceptors (Lipinski definition) is 4. The van der Waals surface area contributed by atoms with Gasteiger partial charge in [0.05, 0.1) is 13.2 Å². The van der Waals surface area contributed by atoms with Crippen molar-refractivity contribution >= 4 is 0 Å². The number of hydrogen-bond donors (Lipinski definition) is 2. The second-order valence-electron chi connectivity index (χ2n) is 5.05. The third-order valence-electron chi connectivity index (χ3n) is 3.71. The summed E-state index contributed by atoms with van der Waals surface area (Å²) in [5.41, 5.74) is 0. The molecule has 0 bridgehead atoms. The van der Waals surface area contributed by atoms with Crippen molar-refractivity contribution in [3.05, 3.63) is 11.6 Å². The van der Waals surface area contributed by atoms with Crippen LogP contribution in [0.1, 0.15) is 43.3 Å². The lowest BCUT2D eigenvalue weighted by Crippen LogP contribution is -2.42. The van der Waals surface area contributed by atoms with Gasteiger partial charge in [-0.05, 0) is 12.8 Å². The third-order valence-corrected chi connectivity index (χ3v) is 3.71. The molecule has 5 nitrogen and oxygen atoms in total. The van der Waals surface area contributed by atoms with Crippen LogP contribution in [0.2, 0.25) is 0 Å². The molecule has 1 saturated heterocycles. The molecule has 1 aromatic heterocycles. The second-order valence-corrected chi connectivity index (χ2v) is 5.05. The van der Waals surface area contributed by atoms with Gasteiger partial charge in [-0.3, -0.25) is 5.10 Å². The molecule has 17 heavy (non-hydrogen) atoms. The lowest BCUT2D eigenvalue weighted by Gasteiger charge is -2.22. The van der Waals surface area contributed by atoms with Crippen molar-refractivity contribution in [1.82, 2.24) is 20.5 Å². The molecule has 94 valence electrons. The first-order valence-electron chi connectivity index (χ1n) is 6.64. The van der Waals surface area contributed by atoms with E-state index < -0.39 is 0 Å². The van der Waals surface area contributed by atoms with Crippen LogP contribution in [0.5, 0.6) is 0 Å². The smallest absolute Gasteiger partial charge is 0.153 e. The van der Waals surface area contributed by atoms with Gasteiger partial charge >= 0.3 is 0 Å². The van der Waals surface area contributed by atoms with Crippen molar-refractivity contribution in [2.75, 3.05) is 19.8 Å². The predicted molar refractivity (Wildman–Crippen MR) is 63.9 cm³/mol. The highest BCUT2D eigenvalue weighted by atomic mass is 16.5. The Labute approximate surface area is 101 Å². The van der Waals surface area contributed by atoms with Gasteiger partial charge in [0.2, 0.25) is 0 Å². The molecule has 2 fully saturated rings. The van der Waals surface area contributed by atoms with Crippen molar-refractivity contribution < 1.29 is 4.74 Å². The van der Waals surface area contributed by atoms with Crippen LogP contribution < -0.4 is 5.32 Å². The first kappa shape index (κ1) is 11.2. The Morgan fingerprint density at radius 2 is 2.18 bits per heavy atom. The molecule has 0 radical (unpaired) electrons. The lowest BCUT2D eigenvalue weighted by atomic mass is 10.1. The Kier molecular flexibility index (Phi) is 3.38. The molecule has 0 spiro atoms. The summed E-state index contributed by atoms with van der Waals surface area (Å²) in [5.74, 6) is 2.61. The van der Waals surface area contributed by atoms with Crippen molar-refractivity contribution in [3.8, 4) is 0 Å². The van der Waals surface area contributed by atoms with Crippen molar-refractivity contribution in [1.29, 1.82) is 0 Å². The van der Waals surface area contributed by atoms with Crippen molar-refractivity contribution in [2.24, 2.45) is 0 Å². The monoisotopic (exact) mass is 236 g/mol. The van der Waals surface area contributed by atoms with Gasteiger partial charge in [-0.1, -0.05) is 12.8 Å². The number of ether oxygens (including phenoxy) is 1. The van der Waals surface area contributed by atoms with Gasteiger partial charge in [-0.2, -0.15) is 5.10 Å². The minimum absolute atomic E-state index is 0.383. The van der Waals surface area contributed by atoms with Crippen LogP contribution in [-0.2, 0) is 11.2 Å².